The maximum Gasteiger partial charge on any atom is 0.262 e. The average molecular weight is 396 g/mol. The van der Waals surface area contributed by atoms with Crippen LogP contribution in [0.3, 0.4) is 0 Å². The molecule has 0 heterocycles. The van der Waals surface area contributed by atoms with Gasteiger partial charge in [-0.25, -0.2) is 0 Å². The Bertz CT molecular complexity index is 831. The molecule has 29 heavy (non-hydrogen) atoms. The molecule has 0 spiro atoms. The molecule has 1 aliphatic carbocycles. The minimum atomic E-state index is -0.273. The molecule has 0 aromatic heterocycles. The number of hydrogen-bond acceptors (Lipinski definition) is 4. The van der Waals surface area contributed by atoms with Gasteiger partial charge in [-0.1, -0.05) is 37.5 Å². The summed E-state index contributed by atoms with van der Waals surface area (Å²) in [7, 11) is 3.80. The van der Waals surface area contributed by atoms with E-state index < -0.39 is 0 Å². The number of carbonyl (C=O) groups is 2. The lowest BCUT2D eigenvalue weighted by molar-refractivity contribution is -0.118. The SMILES string of the molecule is CN(C)c1ccc(NC(=O)COc2ccccc2)cc1C(=O)NC1CCCCC1. The van der Waals surface area contributed by atoms with Crippen LogP contribution in [-0.2, 0) is 4.79 Å². The molecular weight excluding hydrogens is 366 g/mol. The third-order valence-electron chi connectivity index (χ3n) is 5.06. The third-order valence-corrected chi connectivity index (χ3v) is 5.06. The number of rotatable bonds is 7. The van der Waals surface area contributed by atoms with Crippen LogP contribution in [0.15, 0.2) is 48.5 Å². The zero-order chi connectivity index (χ0) is 20.6. The van der Waals surface area contributed by atoms with E-state index in [1.165, 1.54) is 6.42 Å². The zero-order valence-corrected chi connectivity index (χ0v) is 17.1. The molecule has 6 nitrogen and oxygen atoms in total. The Labute approximate surface area is 172 Å². The summed E-state index contributed by atoms with van der Waals surface area (Å²) in [5.74, 6) is 0.264. The highest BCUT2D eigenvalue weighted by atomic mass is 16.5. The molecule has 0 unspecified atom stereocenters. The largest absolute Gasteiger partial charge is 0.484 e. The van der Waals surface area contributed by atoms with Gasteiger partial charge in [0.15, 0.2) is 6.61 Å². The van der Waals surface area contributed by atoms with Crippen LogP contribution in [-0.4, -0.2) is 38.6 Å². The van der Waals surface area contributed by atoms with Gasteiger partial charge in [0.05, 0.1) is 5.56 Å². The van der Waals surface area contributed by atoms with Crippen LogP contribution in [0.25, 0.3) is 0 Å². The number of ether oxygens (including phenoxy) is 1. The second kappa shape index (κ2) is 9.96. The average Bonchev–Trinajstić information content (AvgIpc) is 2.73. The first kappa shape index (κ1) is 20.7. The second-order valence-electron chi connectivity index (χ2n) is 7.58. The monoisotopic (exact) mass is 395 g/mol. The number of nitrogens with one attached hydrogen (secondary N) is 2. The summed E-state index contributed by atoms with van der Waals surface area (Å²) in [6, 6.07) is 14.8. The fourth-order valence-corrected chi connectivity index (χ4v) is 3.56. The van der Waals surface area contributed by atoms with Gasteiger partial charge in [-0.15, -0.1) is 0 Å². The summed E-state index contributed by atoms with van der Waals surface area (Å²) in [6.45, 7) is -0.0942. The first-order chi connectivity index (χ1) is 14.0. The van der Waals surface area contributed by atoms with Crippen molar-refractivity contribution in [2.45, 2.75) is 38.1 Å². The predicted molar refractivity (Wildman–Crippen MR) is 116 cm³/mol. The first-order valence-corrected chi connectivity index (χ1v) is 10.1. The molecule has 0 bridgehead atoms. The van der Waals surface area contributed by atoms with Gasteiger partial charge in [0.1, 0.15) is 5.75 Å². The number of carbonyl (C=O) groups excluding carboxylic acids is 2. The fraction of sp³-hybridized carbons (Fsp3) is 0.391. The van der Waals surface area contributed by atoms with Gasteiger partial charge in [0.25, 0.3) is 11.8 Å². The lowest BCUT2D eigenvalue weighted by Crippen LogP contribution is -2.36. The molecule has 0 radical (unpaired) electrons. The van der Waals surface area contributed by atoms with Crippen molar-refractivity contribution in [2.24, 2.45) is 0 Å². The Morgan fingerprint density at radius 3 is 2.45 bits per heavy atom. The van der Waals surface area contributed by atoms with E-state index in [4.69, 9.17) is 4.74 Å². The predicted octanol–water partition coefficient (Wildman–Crippen LogP) is 3.83. The number of anilines is 2. The van der Waals surface area contributed by atoms with Crippen molar-refractivity contribution < 1.29 is 14.3 Å². The minimum Gasteiger partial charge on any atom is -0.484 e. The highest BCUT2D eigenvalue weighted by molar-refractivity contribution is 6.02. The van der Waals surface area contributed by atoms with Crippen molar-refractivity contribution in [1.29, 1.82) is 0 Å². The molecule has 2 aromatic rings. The van der Waals surface area contributed by atoms with Gasteiger partial charge >= 0.3 is 0 Å². The van der Waals surface area contributed by atoms with E-state index in [-0.39, 0.29) is 24.5 Å². The summed E-state index contributed by atoms with van der Waals surface area (Å²) < 4.78 is 5.48. The van der Waals surface area contributed by atoms with Crippen LogP contribution < -0.4 is 20.3 Å². The minimum absolute atomic E-state index is 0.0942. The molecule has 0 atom stereocenters. The summed E-state index contributed by atoms with van der Waals surface area (Å²) in [4.78, 5) is 27.1. The molecule has 0 saturated heterocycles. The first-order valence-electron chi connectivity index (χ1n) is 10.1. The Kier molecular flexibility index (Phi) is 7.11. The van der Waals surface area contributed by atoms with E-state index in [9.17, 15) is 9.59 Å². The van der Waals surface area contributed by atoms with Crippen molar-refractivity contribution in [2.75, 3.05) is 30.9 Å². The fourth-order valence-electron chi connectivity index (χ4n) is 3.56. The molecule has 2 N–H and O–H groups in total. The maximum atomic E-state index is 12.9. The van der Waals surface area contributed by atoms with E-state index in [0.717, 1.165) is 31.4 Å². The number of para-hydroxylation sites is 1. The van der Waals surface area contributed by atoms with Crippen LogP contribution in [0.4, 0.5) is 11.4 Å². The van der Waals surface area contributed by atoms with Crippen molar-refractivity contribution in [3.05, 3.63) is 54.1 Å². The van der Waals surface area contributed by atoms with Crippen molar-refractivity contribution in [1.82, 2.24) is 5.32 Å². The van der Waals surface area contributed by atoms with Gasteiger partial charge in [-0.3, -0.25) is 9.59 Å². The van der Waals surface area contributed by atoms with Crippen LogP contribution >= 0.6 is 0 Å². The van der Waals surface area contributed by atoms with Crippen molar-refractivity contribution in [3.8, 4) is 5.75 Å². The Morgan fingerprint density at radius 2 is 1.76 bits per heavy atom. The van der Waals surface area contributed by atoms with E-state index in [1.807, 2.05) is 43.3 Å². The van der Waals surface area contributed by atoms with Gasteiger partial charge in [0, 0.05) is 31.5 Å². The van der Waals surface area contributed by atoms with Gasteiger partial charge in [0.2, 0.25) is 0 Å². The number of benzene rings is 2. The Morgan fingerprint density at radius 1 is 1.03 bits per heavy atom. The quantitative estimate of drug-likeness (QED) is 0.747. The molecule has 6 heteroatoms. The van der Waals surface area contributed by atoms with Gasteiger partial charge in [-0.2, -0.15) is 0 Å². The number of amides is 2. The van der Waals surface area contributed by atoms with Crippen LogP contribution in [0, 0.1) is 0 Å². The summed E-state index contributed by atoms with van der Waals surface area (Å²) >= 11 is 0. The number of nitrogens with zero attached hydrogens (tertiary/aromatic N) is 1. The molecule has 2 amide bonds. The lowest BCUT2D eigenvalue weighted by atomic mass is 9.95. The van der Waals surface area contributed by atoms with E-state index in [1.54, 1.807) is 24.3 Å². The Balaban J connectivity index is 1.66. The van der Waals surface area contributed by atoms with Gasteiger partial charge < -0.3 is 20.3 Å². The van der Waals surface area contributed by atoms with E-state index in [0.29, 0.717) is 17.0 Å². The maximum absolute atomic E-state index is 12.9. The normalized spacial score (nSPS) is 14.1. The molecule has 154 valence electrons. The highest BCUT2D eigenvalue weighted by Crippen LogP contribution is 2.24. The van der Waals surface area contributed by atoms with Crippen LogP contribution in [0.1, 0.15) is 42.5 Å². The molecule has 1 fully saturated rings. The highest BCUT2D eigenvalue weighted by Gasteiger charge is 2.20. The summed E-state index contributed by atoms with van der Waals surface area (Å²) in [5.41, 5.74) is 1.95. The van der Waals surface area contributed by atoms with Crippen LogP contribution in [0.5, 0.6) is 5.75 Å². The van der Waals surface area contributed by atoms with E-state index >= 15 is 0 Å². The van der Waals surface area contributed by atoms with Crippen molar-refractivity contribution in [3.63, 3.8) is 0 Å². The molecule has 3 rings (SSSR count). The topological polar surface area (TPSA) is 70.7 Å². The summed E-state index contributed by atoms with van der Waals surface area (Å²) in [5, 5.41) is 5.97. The standard InChI is InChI=1S/C23H29N3O3/c1-26(2)21-14-13-18(24-22(27)16-29-19-11-7-4-8-12-19)15-20(21)23(28)25-17-9-5-3-6-10-17/h4,7-8,11-15,17H,3,5-6,9-10,16H2,1-2H3,(H,24,27)(H,25,28). The van der Waals surface area contributed by atoms with Crippen molar-refractivity contribution >= 4 is 23.2 Å². The zero-order valence-electron chi connectivity index (χ0n) is 17.1. The Hall–Kier alpha value is -3.02. The molecule has 1 aliphatic rings. The van der Waals surface area contributed by atoms with Crippen LogP contribution in [0.2, 0.25) is 0 Å². The molecular formula is C23H29N3O3. The molecule has 0 aliphatic heterocycles. The second-order valence-corrected chi connectivity index (χ2v) is 7.58. The summed E-state index contributed by atoms with van der Waals surface area (Å²) in [6.07, 6.45) is 5.60. The lowest BCUT2D eigenvalue weighted by Gasteiger charge is -2.24. The number of hydrogen-bond donors (Lipinski definition) is 2. The smallest absolute Gasteiger partial charge is 0.262 e. The molecule has 2 aromatic carbocycles. The van der Waals surface area contributed by atoms with Gasteiger partial charge in [-0.05, 0) is 43.2 Å². The molecule has 1 saturated carbocycles. The third kappa shape index (κ3) is 5.98. The van der Waals surface area contributed by atoms with E-state index in [2.05, 4.69) is 10.6 Å².